The second kappa shape index (κ2) is 6.68. The highest BCUT2D eigenvalue weighted by Gasteiger charge is 2.14. The van der Waals surface area contributed by atoms with Gasteiger partial charge in [0.15, 0.2) is 5.76 Å². The first kappa shape index (κ1) is 15.8. The van der Waals surface area contributed by atoms with Crippen LogP contribution in [0.4, 0.5) is 0 Å². The Morgan fingerprint density at radius 2 is 1.88 bits per heavy atom. The fraction of sp³-hybridized carbons (Fsp3) is 0.0500. The van der Waals surface area contributed by atoms with Crippen LogP contribution in [0.25, 0.3) is 22.5 Å². The second-order valence-electron chi connectivity index (χ2n) is 5.53. The predicted octanol–water partition coefficient (Wildman–Crippen LogP) is 3.55. The fourth-order valence-corrected chi connectivity index (χ4v) is 2.69. The molecule has 2 aromatic heterocycles. The number of methoxy groups -OCH3 is 1. The Morgan fingerprint density at radius 3 is 2.69 bits per heavy atom. The number of hydrogen-bond donors (Lipinski definition) is 0. The molecule has 128 valence electrons. The Bertz CT molecular complexity index is 1140. The summed E-state index contributed by atoms with van der Waals surface area (Å²) in [5, 5.41) is 4.85. The van der Waals surface area contributed by atoms with Crippen LogP contribution in [0, 0.1) is 0 Å². The lowest BCUT2D eigenvalue weighted by Gasteiger charge is -2.08. The maximum absolute atomic E-state index is 13.0. The zero-order chi connectivity index (χ0) is 17.9. The number of benzene rings is 2. The van der Waals surface area contributed by atoms with Crippen molar-refractivity contribution in [1.82, 2.24) is 9.66 Å². The van der Waals surface area contributed by atoms with E-state index in [1.54, 1.807) is 43.7 Å². The number of ether oxygens (including phenoxy) is 1. The van der Waals surface area contributed by atoms with Crippen LogP contribution in [-0.2, 0) is 0 Å². The molecule has 0 aliphatic rings. The van der Waals surface area contributed by atoms with Crippen molar-refractivity contribution >= 4 is 17.1 Å². The number of fused-ring (bicyclic) bond motifs is 1. The van der Waals surface area contributed by atoms with Crippen molar-refractivity contribution in [2.45, 2.75) is 0 Å². The second-order valence-corrected chi connectivity index (χ2v) is 5.53. The molecule has 2 aromatic carbocycles. The van der Waals surface area contributed by atoms with E-state index in [2.05, 4.69) is 10.1 Å². The summed E-state index contributed by atoms with van der Waals surface area (Å²) in [4.78, 5) is 17.5. The zero-order valence-corrected chi connectivity index (χ0v) is 14.0. The molecule has 2 heterocycles. The number of furan rings is 1. The molecule has 0 aliphatic carbocycles. The maximum Gasteiger partial charge on any atom is 0.282 e. The van der Waals surface area contributed by atoms with Crippen LogP contribution in [0.3, 0.4) is 0 Å². The lowest BCUT2D eigenvalue weighted by atomic mass is 10.2. The van der Waals surface area contributed by atoms with Crippen LogP contribution in [0.15, 0.2) is 81.2 Å². The van der Waals surface area contributed by atoms with Crippen molar-refractivity contribution in [1.29, 1.82) is 0 Å². The molecule has 0 radical (unpaired) electrons. The number of para-hydroxylation sites is 2. The first-order valence-corrected chi connectivity index (χ1v) is 8.01. The van der Waals surface area contributed by atoms with Crippen molar-refractivity contribution in [2.24, 2.45) is 5.10 Å². The molecule has 6 heteroatoms. The minimum absolute atomic E-state index is 0.270. The Kier molecular flexibility index (Phi) is 4.07. The highest BCUT2D eigenvalue weighted by molar-refractivity contribution is 5.84. The van der Waals surface area contributed by atoms with Gasteiger partial charge in [-0.3, -0.25) is 4.79 Å². The van der Waals surface area contributed by atoms with Gasteiger partial charge < -0.3 is 9.15 Å². The van der Waals surface area contributed by atoms with Crippen molar-refractivity contribution in [3.05, 3.63) is 82.8 Å². The molecule has 0 saturated carbocycles. The molecule has 26 heavy (non-hydrogen) atoms. The fourth-order valence-electron chi connectivity index (χ4n) is 2.69. The summed E-state index contributed by atoms with van der Waals surface area (Å²) in [6.45, 7) is 0. The van der Waals surface area contributed by atoms with E-state index in [1.807, 2.05) is 30.3 Å². The molecule has 0 bridgehead atoms. The Balaban J connectivity index is 1.93. The van der Waals surface area contributed by atoms with Crippen molar-refractivity contribution in [2.75, 3.05) is 7.11 Å². The first-order chi connectivity index (χ1) is 12.8. The maximum atomic E-state index is 13.0. The van der Waals surface area contributed by atoms with Crippen LogP contribution >= 0.6 is 0 Å². The van der Waals surface area contributed by atoms with E-state index >= 15 is 0 Å². The summed E-state index contributed by atoms with van der Waals surface area (Å²) in [5.41, 5.74) is 1.07. The molecule has 0 saturated heterocycles. The van der Waals surface area contributed by atoms with Gasteiger partial charge in [-0.25, -0.2) is 4.98 Å². The van der Waals surface area contributed by atoms with Gasteiger partial charge in [-0.05, 0) is 36.4 Å². The topological polar surface area (TPSA) is 69.6 Å². The largest absolute Gasteiger partial charge is 0.496 e. The highest BCUT2D eigenvalue weighted by Crippen LogP contribution is 2.20. The van der Waals surface area contributed by atoms with Crippen molar-refractivity contribution < 1.29 is 9.15 Å². The molecule has 0 aliphatic heterocycles. The standard InChI is InChI=1S/C20H15N3O3/c1-25-17-10-5-2-7-14(17)13-21-23-19(18-11-6-12-26-18)22-16-9-4-3-8-15(16)20(23)24/h2-13H,1H3. The molecular formula is C20H15N3O3. The summed E-state index contributed by atoms with van der Waals surface area (Å²) >= 11 is 0. The quantitative estimate of drug-likeness (QED) is 0.530. The van der Waals surface area contributed by atoms with Crippen LogP contribution in [0.2, 0.25) is 0 Å². The summed E-state index contributed by atoms with van der Waals surface area (Å²) in [5.74, 6) is 1.47. The van der Waals surface area contributed by atoms with Crippen molar-refractivity contribution in [3.8, 4) is 17.3 Å². The Morgan fingerprint density at radius 1 is 1.08 bits per heavy atom. The third-order valence-corrected chi connectivity index (χ3v) is 3.95. The van der Waals surface area contributed by atoms with Gasteiger partial charge in [0.05, 0.1) is 30.5 Å². The zero-order valence-electron chi connectivity index (χ0n) is 14.0. The summed E-state index contributed by atoms with van der Waals surface area (Å²) < 4.78 is 12.0. The summed E-state index contributed by atoms with van der Waals surface area (Å²) in [6, 6.07) is 18.1. The minimum atomic E-state index is -0.270. The molecule has 0 unspecified atom stereocenters. The van der Waals surface area contributed by atoms with Gasteiger partial charge >= 0.3 is 0 Å². The molecule has 4 aromatic rings. The van der Waals surface area contributed by atoms with Crippen LogP contribution in [0.5, 0.6) is 5.75 Å². The van der Waals surface area contributed by atoms with Gasteiger partial charge in [-0.15, -0.1) is 0 Å². The number of aromatic nitrogens is 2. The molecule has 0 atom stereocenters. The molecule has 0 spiro atoms. The van der Waals surface area contributed by atoms with Gasteiger partial charge in [0.2, 0.25) is 5.82 Å². The van der Waals surface area contributed by atoms with Gasteiger partial charge in [0, 0.05) is 5.56 Å². The molecule has 4 rings (SSSR count). The smallest absolute Gasteiger partial charge is 0.282 e. The monoisotopic (exact) mass is 345 g/mol. The Hall–Kier alpha value is -3.67. The van der Waals surface area contributed by atoms with Gasteiger partial charge in [-0.1, -0.05) is 24.3 Å². The lowest BCUT2D eigenvalue weighted by molar-refractivity contribution is 0.414. The number of rotatable bonds is 4. The molecule has 0 amide bonds. The van der Waals surface area contributed by atoms with E-state index in [0.717, 1.165) is 5.56 Å². The number of hydrogen-bond acceptors (Lipinski definition) is 5. The third kappa shape index (κ3) is 2.77. The molecule has 6 nitrogen and oxygen atoms in total. The van der Waals surface area contributed by atoms with Crippen molar-refractivity contribution in [3.63, 3.8) is 0 Å². The number of nitrogens with zero attached hydrogens (tertiary/aromatic N) is 3. The van der Waals surface area contributed by atoms with Gasteiger partial charge in [0.1, 0.15) is 5.75 Å². The third-order valence-electron chi connectivity index (χ3n) is 3.95. The predicted molar refractivity (Wildman–Crippen MR) is 99.7 cm³/mol. The van der Waals surface area contributed by atoms with Crippen LogP contribution < -0.4 is 10.3 Å². The molecule has 0 N–H and O–H groups in total. The van der Waals surface area contributed by atoms with E-state index in [4.69, 9.17) is 9.15 Å². The van der Waals surface area contributed by atoms with E-state index in [9.17, 15) is 4.79 Å². The van der Waals surface area contributed by atoms with E-state index < -0.39 is 0 Å². The van der Waals surface area contributed by atoms with E-state index in [0.29, 0.717) is 28.2 Å². The highest BCUT2D eigenvalue weighted by atomic mass is 16.5. The molecular weight excluding hydrogens is 330 g/mol. The SMILES string of the molecule is COc1ccccc1C=Nn1c(-c2ccco2)nc2ccccc2c1=O. The van der Waals surface area contributed by atoms with E-state index in [-0.39, 0.29) is 5.56 Å². The minimum Gasteiger partial charge on any atom is -0.496 e. The average molecular weight is 345 g/mol. The Labute approximate surface area is 149 Å². The summed E-state index contributed by atoms with van der Waals surface area (Å²) in [6.07, 6.45) is 3.11. The summed E-state index contributed by atoms with van der Waals surface area (Å²) in [7, 11) is 1.59. The average Bonchev–Trinajstić information content (AvgIpc) is 3.22. The lowest BCUT2D eigenvalue weighted by Crippen LogP contribution is -2.20. The van der Waals surface area contributed by atoms with Crippen LogP contribution in [-0.4, -0.2) is 23.0 Å². The van der Waals surface area contributed by atoms with Gasteiger partial charge in [-0.2, -0.15) is 9.78 Å². The first-order valence-electron chi connectivity index (χ1n) is 8.01. The molecule has 0 fully saturated rings. The normalized spacial score (nSPS) is 11.3. The van der Waals surface area contributed by atoms with Crippen LogP contribution in [0.1, 0.15) is 5.56 Å². The van der Waals surface area contributed by atoms with Gasteiger partial charge in [0.25, 0.3) is 5.56 Å². The van der Waals surface area contributed by atoms with E-state index in [1.165, 1.54) is 10.9 Å².